The van der Waals surface area contributed by atoms with E-state index in [0.29, 0.717) is 6.10 Å². The fraction of sp³-hybridized carbons (Fsp3) is 0.833. The van der Waals surface area contributed by atoms with Gasteiger partial charge in [-0.2, -0.15) is 5.10 Å². The number of likely N-dealkylation sites (tertiary alicyclic amines) is 1. The Morgan fingerprint density at radius 3 is 2.83 bits per heavy atom. The van der Waals surface area contributed by atoms with E-state index >= 15 is 0 Å². The summed E-state index contributed by atoms with van der Waals surface area (Å²) in [4.78, 5) is 2.52. The van der Waals surface area contributed by atoms with Crippen LogP contribution in [0.25, 0.3) is 0 Å². The number of piperidine rings is 1. The highest BCUT2D eigenvalue weighted by molar-refractivity contribution is 5.04. The lowest BCUT2D eigenvalue weighted by Gasteiger charge is -2.38. The number of rotatable bonds is 5. The monoisotopic (exact) mass is 319 g/mol. The Balaban J connectivity index is 1.22. The topological polar surface area (TPSA) is 39.5 Å². The first kappa shape index (κ1) is 15.6. The third-order valence-corrected chi connectivity index (χ3v) is 5.90. The van der Waals surface area contributed by atoms with Crippen molar-refractivity contribution in [3.05, 3.63) is 18.0 Å². The zero-order valence-electron chi connectivity index (χ0n) is 14.2. The lowest BCUT2D eigenvalue weighted by Crippen LogP contribution is -2.43. The van der Waals surface area contributed by atoms with E-state index in [1.165, 1.54) is 24.8 Å². The van der Waals surface area contributed by atoms with Crippen LogP contribution in [0.4, 0.5) is 0 Å². The summed E-state index contributed by atoms with van der Waals surface area (Å²) < 4.78 is 14.2. The molecule has 3 aliphatic rings. The van der Waals surface area contributed by atoms with Crippen LogP contribution in [-0.2, 0) is 23.1 Å². The van der Waals surface area contributed by atoms with E-state index in [2.05, 4.69) is 16.2 Å². The van der Waals surface area contributed by atoms with Crippen molar-refractivity contribution in [1.29, 1.82) is 0 Å². The van der Waals surface area contributed by atoms with Crippen LogP contribution >= 0.6 is 0 Å². The molecule has 0 aromatic carbocycles. The summed E-state index contributed by atoms with van der Waals surface area (Å²) in [5, 5.41) is 4.26. The van der Waals surface area contributed by atoms with Crippen molar-refractivity contribution >= 4 is 0 Å². The number of aryl methyl sites for hydroxylation is 1. The Hall–Kier alpha value is -0.910. The second kappa shape index (κ2) is 6.54. The molecule has 5 heteroatoms. The Morgan fingerprint density at radius 2 is 2.17 bits per heavy atom. The third-order valence-electron chi connectivity index (χ3n) is 5.90. The minimum absolute atomic E-state index is 0.0930. The normalized spacial score (nSPS) is 28.3. The molecular weight excluding hydrogens is 290 g/mol. The first-order valence-electron chi connectivity index (χ1n) is 9.16. The minimum atomic E-state index is 0.0930. The lowest BCUT2D eigenvalue weighted by molar-refractivity contribution is -0.0474. The Labute approximate surface area is 138 Å². The predicted octanol–water partition coefficient (Wildman–Crippen LogP) is 2.36. The Bertz CT molecular complexity index is 518. The number of hydrogen-bond donors (Lipinski definition) is 0. The fourth-order valence-electron chi connectivity index (χ4n) is 4.12. The van der Waals surface area contributed by atoms with E-state index in [1.807, 2.05) is 17.9 Å². The summed E-state index contributed by atoms with van der Waals surface area (Å²) in [6.07, 6.45) is 11.9. The van der Waals surface area contributed by atoms with E-state index in [4.69, 9.17) is 9.47 Å². The van der Waals surface area contributed by atoms with Crippen LogP contribution in [0.2, 0.25) is 0 Å². The van der Waals surface area contributed by atoms with Gasteiger partial charge in [0.05, 0.1) is 24.5 Å². The van der Waals surface area contributed by atoms with Gasteiger partial charge < -0.3 is 9.47 Å². The minimum Gasteiger partial charge on any atom is -0.375 e. The van der Waals surface area contributed by atoms with Gasteiger partial charge in [-0.1, -0.05) is 6.42 Å². The van der Waals surface area contributed by atoms with Crippen molar-refractivity contribution < 1.29 is 9.47 Å². The summed E-state index contributed by atoms with van der Waals surface area (Å²) in [5.41, 5.74) is 1.40. The van der Waals surface area contributed by atoms with Crippen molar-refractivity contribution in [2.45, 2.75) is 56.8 Å². The van der Waals surface area contributed by atoms with Gasteiger partial charge in [-0.15, -0.1) is 0 Å². The molecule has 1 aromatic heterocycles. The maximum Gasteiger partial charge on any atom is 0.0836 e. The zero-order valence-corrected chi connectivity index (χ0v) is 14.2. The molecule has 0 amide bonds. The Kier molecular flexibility index (Phi) is 4.43. The number of nitrogens with zero attached hydrogens (tertiary/aromatic N) is 3. The quantitative estimate of drug-likeness (QED) is 0.835. The van der Waals surface area contributed by atoms with Gasteiger partial charge in [0, 0.05) is 51.5 Å². The third kappa shape index (κ3) is 3.62. The van der Waals surface area contributed by atoms with E-state index in [9.17, 15) is 0 Å². The number of aromatic nitrogens is 2. The van der Waals surface area contributed by atoms with Crippen molar-refractivity contribution in [1.82, 2.24) is 14.7 Å². The standard InChI is InChI=1S/C18H29N3O2/c1-20-11-16(10-19-20)12-21-7-5-18(6-8-21)9-17(14-23-18)22-13-15-3-2-4-15/h10-11,15,17H,2-9,12-14H2,1H3. The van der Waals surface area contributed by atoms with Gasteiger partial charge in [0.1, 0.15) is 0 Å². The molecule has 0 radical (unpaired) electrons. The number of hydrogen-bond acceptors (Lipinski definition) is 4. The molecule has 2 aliphatic heterocycles. The molecule has 1 spiro atoms. The van der Waals surface area contributed by atoms with Crippen molar-refractivity contribution in [3.8, 4) is 0 Å². The summed E-state index contributed by atoms with van der Waals surface area (Å²) >= 11 is 0. The molecule has 1 unspecified atom stereocenters. The van der Waals surface area contributed by atoms with Crippen LogP contribution < -0.4 is 0 Å². The zero-order chi connectivity index (χ0) is 15.7. The van der Waals surface area contributed by atoms with Gasteiger partial charge >= 0.3 is 0 Å². The second-order valence-electron chi connectivity index (χ2n) is 7.75. The SMILES string of the molecule is Cn1cc(CN2CCC3(CC2)CC(OCC2CCC2)CO3)cn1. The predicted molar refractivity (Wildman–Crippen MR) is 88.1 cm³/mol. The van der Waals surface area contributed by atoms with Crippen molar-refractivity contribution in [3.63, 3.8) is 0 Å². The van der Waals surface area contributed by atoms with Crippen LogP contribution in [0.1, 0.15) is 44.1 Å². The molecule has 5 nitrogen and oxygen atoms in total. The summed E-state index contributed by atoms with van der Waals surface area (Å²) in [6, 6.07) is 0. The average molecular weight is 319 g/mol. The van der Waals surface area contributed by atoms with Gasteiger partial charge in [0.15, 0.2) is 0 Å². The molecule has 1 saturated carbocycles. The molecule has 0 N–H and O–H groups in total. The molecule has 2 saturated heterocycles. The van der Waals surface area contributed by atoms with Crippen LogP contribution in [-0.4, -0.2) is 52.7 Å². The molecule has 23 heavy (non-hydrogen) atoms. The van der Waals surface area contributed by atoms with Crippen LogP contribution in [0.15, 0.2) is 12.4 Å². The van der Waals surface area contributed by atoms with E-state index in [1.54, 1.807) is 0 Å². The van der Waals surface area contributed by atoms with Gasteiger partial charge in [-0.3, -0.25) is 9.58 Å². The summed E-state index contributed by atoms with van der Waals surface area (Å²) in [5.74, 6) is 0.827. The molecule has 1 atom stereocenters. The Morgan fingerprint density at radius 1 is 1.35 bits per heavy atom. The molecule has 1 aliphatic carbocycles. The van der Waals surface area contributed by atoms with E-state index in [0.717, 1.165) is 58.0 Å². The molecule has 1 aromatic rings. The van der Waals surface area contributed by atoms with Crippen LogP contribution in [0.3, 0.4) is 0 Å². The molecular formula is C18H29N3O2. The summed E-state index contributed by atoms with van der Waals surface area (Å²) in [7, 11) is 1.98. The highest BCUT2D eigenvalue weighted by Crippen LogP contribution is 2.38. The fourth-order valence-corrected chi connectivity index (χ4v) is 4.12. The van der Waals surface area contributed by atoms with E-state index in [-0.39, 0.29) is 5.60 Å². The van der Waals surface area contributed by atoms with Gasteiger partial charge in [-0.05, 0) is 31.6 Å². The highest BCUT2D eigenvalue weighted by atomic mass is 16.6. The van der Waals surface area contributed by atoms with Crippen LogP contribution in [0, 0.1) is 5.92 Å². The van der Waals surface area contributed by atoms with Crippen LogP contribution in [0.5, 0.6) is 0 Å². The number of ether oxygens (including phenoxy) is 2. The average Bonchev–Trinajstić information content (AvgIpc) is 3.08. The first-order valence-corrected chi connectivity index (χ1v) is 9.16. The smallest absolute Gasteiger partial charge is 0.0836 e. The second-order valence-corrected chi connectivity index (χ2v) is 7.75. The maximum atomic E-state index is 6.21. The largest absolute Gasteiger partial charge is 0.375 e. The molecule has 128 valence electrons. The van der Waals surface area contributed by atoms with Gasteiger partial charge in [0.2, 0.25) is 0 Å². The van der Waals surface area contributed by atoms with Crippen molar-refractivity contribution in [2.75, 3.05) is 26.3 Å². The van der Waals surface area contributed by atoms with Gasteiger partial charge in [0.25, 0.3) is 0 Å². The van der Waals surface area contributed by atoms with Crippen molar-refractivity contribution in [2.24, 2.45) is 13.0 Å². The lowest BCUT2D eigenvalue weighted by atomic mass is 9.86. The summed E-state index contributed by atoms with van der Waals surface area (Å²) in [6.45, 7) is 4.99. The molecule has 0 bridgehead atoms. The maximum absolute atomic E-state index is 6.21. The van der Waals surface area contributed by atoms with Gasteiger partial charge in [-0.25, -0.2) is 0 Å². The first-order chi connectivity index (χ1) is 11.2. The molecule has 3 heterocycles. The van der Waals surface area contributed by atoms with E-state index < -0.39 is 0 Å². The molecule has 4 rings (SSSR count). The molecule has 3 fully saturated rings. The highest BCUT2D eigenvalue weighted by Gasteiger charge is 2.43.